The molecule has 1 heteroatoms. The SMILES string of the molecule is CCCC1=C(F)C=CCC=C1C. The van der Waals surface area contributed by atoms with Crippen LogP contribution in [-0.4, -0.2) is 0 Å². The van der Waals surface area contributed by atoms with Crippen molar-refractivity contribution in [2.24, 2.45) is 0 Å². The zero-order chi connectivity index (χ0) is 8.97. The summed E-state index contributed by atoms with van der Waals surface area (Å²) >= 11 is 0. The van der Waals surface area contributed by atoms with E-state index < -0.39 is 0 Å². The summed E-state index contributed by atoms with van der Waals surface area (Å²) < 4.78 is 13.3. The second-order valence-corrected chi connectivity index (χ2v) is 3.10. The van der Waals surface area contributed by atoms with Gasteiger partial charge in [0.2, 0.25) is 0 Å². The average molecular weight is 166 g/mol. The van der Waals surface area contributed by atoms with Gasteiger partial charge >= 0.3 is 0 Å². The lowest BCUT2D eigenvalue weighted by atomic mass is 10.0. The van der Waals surface area contributed by atoms with Gasteiger partial charge in [-0.05, 0) is 37.0 Å². The van der Waals surface area contributed by atoms with Crippen molar-refractivity contribution < 1.29 is 4.39 Å². The van der Waals surface area contributed by atoms with Crippen molar-refractivity contribution in [3.05, 3.63) is 35.2 Å². The fourth-order valence-electron chi connectivity index (χ4n) is 1.40. The molecular formula is C11H15F. The van der Waals surface area contributed by atoms with Crippen molar-refractivity contribution in [1.82, 2.24) is 0 Å². The van der Waals surface area contributed by atoms with Gasteiger partial charge < -0.3 is 0 Å². The van der Waals surface area contributed by atoms with Crippen LogP contribution < -0.4 is 0 Å². The van der Waals surface area contributed by atoms with Crippen molar-refractivity contribution >= 4 is 0 Å². The van der Waals surface area contributed by atoms with Crippen LogP contribution in [0.4, 0.5) is 4.39 Å². The van der Waals surface area contributed by atoms with Crippen molar-refractivity contribution in [2.45, 2.75) is 33.1 Å². The molecule has 0 saturated heterocycles. The molecule has 1 aliphatic rings. The lowest BCUT2D eigenvalue weighted by molar-refractivity contribution is 0.646. The summed E-state index contributed by atoms with van der Waals surface area (Å²) in [5.74, 6) is -0.0527. The van der Waals surface area contributed by atoms with E-state index in [0.29, 0.717) is 0 Å². The molecule has 0 amide bonds. The Balaban J connectivity index is 2.92. The average Bonchev–Trinajstić information content (AvgIpc) is 2.19. The maximum Gasteiger partial charge on any atom is 0.126 e. The molecular weight excluding hydrogens is 151 g/mol. The van der Waals surface area contributed by atoms with Crippen LogP contribution in [0.25, 0.3) is 0 Å². The summed E-state index contributed by atoms with van der Waals surface area (Å²) in [6.07, 6.45) is 8.22. The minimum absolute atomic E-state index is 0.0527. The third-order valence-corrected chi connectivity index (χ3v) is 2.09. The summed E-state index contributed by atoms with van der Waals surface area (Å²) in [5, 5.41) is 0. The maximum atomic E-state index is 13.3. The van der Waals surface area contributed by atoms with E-state index in [1.54, 1.807) is 6.08 Å². The molecule has 0 radical (unpaired) electrons. The highest BCUT2D eigenvalue weighted by atomic mass is 19.1. The van der Waals surface area contributed by atoms with Gasteiger partial charge in [0.15, 0.2) is 0 Å². The molecule has 0 nitrogen and oxygen atoms in total. The van der Waals surface area contributed by atoms with Crippen LogP contribution in [0.2, 0.25) is 0 Å². The smallest absolute Gasteiger partial charge is 0.126 e. The molecule has 1 rings (SSSR count). The standard InChI is InChI=1S/C11H15F/c1-3-6-10-9(2)7-4-5-8-11(10)12/h5,7-8H,3-4,6H2,1-2H3. The molecule has 0 unspecified atom stereocenters. The first-order chi connectivity index (χ1) is 5.75. The third-order valence-electron chi connectivity index (χ3n) is 2.09. The van der Waals surface area contributed by atoms with E-state index in [2.05, 4.69) is 13.0 Å². The highest BCUT2D eigenvalue weighted by Crippen LogP contribution is 2.24. The first-order valence-corrected chi connectivity index (χ1v) is 4.48. The van der Waals surface area contributed by atoms with Crippen molar-refractivity contribution in [3.8, 4) is 0 Å². The third kappa shape index (κ3) is 2.07. The summed E-state index contributed by atoms with van der Waals surface area (Å²) in [4.78, 5) is 0. The van der Waals surface area contributed by atoms with Crippen LogP contribution in [0.3, 0.4) is 0 Å². The molecule has 0 aromatic heterocycles. The van der Waals surface area contributed by atoms with Gasteiger partial charge in [0.1, 0.15) is 5.83 Å². The van der Waals surface area contributed by atoms with E-state index >= 15 is 0 Å². The van der Waals surface area contributed by atoms with Gasteiger partial charge in [0.25, 0.3) is 0 Å². The lowest BCUT2D eigenvalue weighted by Crippen LogP contribution is -1.87. The first kappa shape index (κ1) is 9.24. The predicted molar refractivity (Wildman–Crippen MR) is 50.6 cm³/mol. The zero-order valence-corrected chi connectivity index (χ0v) is 7.73. The second kappa shape index (κ2) is 4.24. The molecule has 0 N–H and O–H groups in total. The molecule has 0 heterocycles. The highest BCUT2D eigenvalue weighted by molar-refractivity contribution is 5.38. The summed E-state index contributed by atoms with van der Waals surface area (Å²) in [6, 6.07) is 0. The number of hydrogen-bond donors (Lipinski definition) is 0. The molecule has 1 aliphatic carbocycles. The first-order valence-electron chi connectivity index (χ1n) is 4.48. The monoisotopic (exact) mass is 166 g/mol. The van der Waals surface area contributed by atoms with Gasteiger partial charge in [-0.3, -0.25) is 0 Å². The normalized spacial score (nSPS) is 17.8. The minimum Gasteiger partial charge on any atom is -0.207 e. The molecule has 0 aliphatic heterocycles. The number of hydrogen-bond acceptors (Lipinski definition) is 0. The van der Waals surface area contributed by atoms with Crippen LogP contribution in [0.5, 0.6) is 0 Å². The highest BCUT2D eigenvalue weighted by Gasteiger charge is 2.06. The Morgan fingerprint density at radius 1 is 1.50 bits per heavy atom. The van der Waals surface area contributed by atoms with Gasteiger partial charge in [-0.1, -0.05) is 25.5 Å². The molecule has 0 aromatic rings. The number of halogens is 1. The van der Waals surface area contributed by atoms with Gasteiger partial charge in [-0.15, -0.1) is 0 Å². The van der Waals surface area contributed by atoms with Crippen molar-refractivity contribution in [3.63, 3.8) is 0 Å². The van der Waals surface area contributed by atoms with E-state index in [9.17, 15) is 4.39 Å². The Morgan fingerprint density at radius 2 is 2.25 bits per heavy atom. The Morgan fingerprint density at radius 3 is 2.92 bits per heavy atom. The van der Waals surface area contributed by atoms with Crippen LogP contribution in [-0.2, 0) is 0 Å². The minimum atomic E-state index is -0.0527. The predicted octanol–water partition coefficient (Wildman–Crippen LogP) is 3.92. The Bertz CT molecular complexity index is 244. The summed E-state index contributed by atoms with van der Waals surface area (Å²) in [7, 11) is 0. The quantitative estimate of drug-likeness (QED) is 0.583. The van der Waals surface area contributed by atoms with Crippen LogP contribution in [0.1, 0.15) is 33.1 Å². The van der Waals surface area contributed by atoms with Crippen LogP contribution in [0.15, 0.2) is 35.2 Å². The Kier molecular flexibility index (Phi) is 3.27. The van der Waals surface area contributed by atoms with E-state index in [0.717, 1.165) is 30.4 Å². The molecule has 0 bridgehead atoms. The second-order valence-electron chi connectivity index (χ2n) is 3.10. The van der Waals surface area contributed by atoms with Gasteiger partial charge in [0.05, 0.1) is 0 Å². The fourth-order valence-corrected chi connectivity index (χ4v) is 1.40. The zero-order valence-electron chi connectivity index (χ0n) is 7.73. The van der Waals surface area contributed by atoms with Gasteiger partial charge in [0, 0.05) is 0 Å². The molecule has 0 atom stereocenters. The summed E-state index contributed by atoms with van der Waals surface area (Å²) in [6.45, 7) is 4.06. The molecule has 0 spiro atoms. The Hall–Kier alpha value is -0.850. The van der Waals surface area contributed by atoms with Crippen LogP contribution >= 0.6 is 0 Å². The van der Waals surface area contributed by atoms with E-state index in [-0.39, 0.29) is 5.83 Å². The number of allylic oxidation sites excluding steroid dienone is 6. The molecule has 0 aromatic carbocycles. The Labute approximate surface area is 73.5 Å². The summed E-state index contributed by atoms with van der Waals surface area (Å²) in [5.41, 5.74) is 1.98. The number of rotatable bonds is 2. The lowest BCUT2D eigenvalue weighted by Gasteiger charge is -2.05. The van der Waals surface area contributed by atoms with Crippen molar-refractivity contribution in [1.29, 1.82) is 0 Å². The van der Waals surface area contributed by atoms with E-state index in [1.165, 1.54) is 0 Å². The van der Waals surface area contributed by atoms with Crippen LogP contribution in [0, 0.1) is 0 Å². The van der Waals surface area contributed by atoms with E-state index in [1.807, 2.05) is 13.0 Å². The van der Waals surface area contributed by atoms with Crippen molar-refractivity contribution in [2.75, 3.05) is 0 Å². The molecule has 66 valence electrons. The maximum absolute atomic E-state index is 13.3. The molecule has 12 heavy (non-hydrogen) atoms. The van der Waals surface area contributed by atoms with Gasteiger partial charge in [-0.25, -0.2) is 4.39 Å². The fraction of sp³-hybridized carbons (Fsp3) is 0.455. The topological polar surface area (TPSA) is 0 Å². The van der Waals surface area contributed by atoms with Gasteiger partial charge in [-0.2, -0.15) is 0 Å². The largest absolute Gasteiger partial charge is 0.207 e. The van der Waals surface area contributed by atoms with E-state index in [4.69, 9.17) is 0 Å². The molecule has 0 saturated carbocycles. The molecule has 0 fully saturated rings.